The van der Waals surface area contributed by atoms with E-state index in [-0.39, 0.29) is 18.3 Å². The third kappa shape index (κ3) is 3.50. The van der Waals surface area contributed by atoms with E-state index in [0.29, 0.717) is 23.5 Å². The van der Waals surface area contributed by atoms with E-state index in [1.54, 1.807) is 13.2 Å². The number of hydrogen-bond donors (Lipinski definition) is 1. The highest BCUT2D eigenvalue weighted by molar-refractivity contribution is 6.30. The summed E-state index contributed by atoms with van der Waals surface area (Å²) in [7, 11) is 1.62. The molecule has 22 heavy (non-hydrogen) atoms. The van der Waals surface area contributed by atoms with Gasteiger partial charge in [-0.2, -0.15) is 0 Å². The molecule has 6 heteroatoms. The first-order valence-electron chi connectivity index (χ1n) is 7.53. The Morgan fingerprint density at radius 3 is 2.91 bits per heavy atom. The molecule has 2 bridgehead atoms. The summed E-state index contributed by atoms with van der Waals surface area (Å²) in [4.78, 5) is 14.9. The lowest BCUT2D eigenvalue weighted by Crippen LogP contribution is -2.43. The number of fused-ring (bicyclic) bond motifs is 2. The van der Waals surface area contributed by atoms with Gasteiger partial charge in [-0.05, 0) is 44.0 Å². The summed E-state index contributed by atoms with van der Waals surface area (Å²) in [6, 6.07) is 6.17. The molecule has 4 nitrogen and oxygen atoms in total. The Morgan fingerprint density at radius 2 is 2.14 bits per heavy atom. The van der Waals surface area contributed by atoms with E-state index in [4.69, 9.17) is 16.3 Å². The molecule has 1 aromatic carbocycles. The van der Waals surface area contributed by atoms with Gasteiger partial charge in [-0.25, -0.2) is 0 Å². The lowest BCUT2D eigenvalue weighted by atomic mass is 10.1. The maximum atomic E-state index is 12.8. The van der Waals surface area contributed by atoms with Crippen LogP contribution in [0, 0.1) is 0 Å². The van der Waals surface area contributed by atoms with Crippen molar-refractivity contribution in [3.8, 4) is 5.75 Å². The van der Waals surface area contributed by atoms with Gasteiger partial charge in [-0.15, -0.1) is 12.4 Å². The van der Waals surface area contributed by atoms with Crippen molar-refractivity contribution in [3.05, 3.63) is 28.8 Å². The molecule has 2 aliphatic rings. The number of halogens is 2. The van der Waals surface area contributed by atoms with Gasteiger partial charge in [-0.3, -0.25) is 4.79 Å². The third-order valence-electron chi connectivity index (χ3n) is 4.53. The zero-order valence-corrected chi connectivity index (χ0v) is 14.3. The summed E-state index contributed by atoms with van der Waals surface area (Å²) in [5.41, 5.74) is 0.867. The largest absolute Gasteiger partial charge is 0.496 e. The van der Waals surface area contributed by atoms with Crippen LogP contribution >= 0.6 is 24.0 Å². The standard InChI is InChI=1S/C16H21ClN2O2.ClH/c1-21-15-5-2-12(17)8-11(15)9-16(20)19-13-3-4-14(19)10-18-7-6-13;/h2,5,8,13-14,18H,3-4,6-7,9-10H2,1H3;1H. The molecule has 2 unspecified atom stereocenters. The minimum atomic E-state index is 0. The average Bonchev–Trinajstić information content (AvgIpc) is 2.72. The molecule has 1 amide bonds. The lowest BCUT2D eigenvalue weighted by molar-refractivity contribution is -0.133. The molecule has 3 rings (SSSR count). The van der Waals surface area contributed by atoms with E-state index in [1.807, 2.05) is 12.1 Å². The van der Waals surface area contributed by atoms with Crippen LogP contribution in [0.5, 0.6) is 5.75 Å². The average molecular weight is 345 g/mol. The van der Waals surface area contributed by atoms with Gasteiger partial charge >= 0.3 is 0 Å². The van der Waals surface area contributed by atoms with Crippen LogP contribution in [-0.4, -0.2) is 43.1 Å². The highest BCUT2D eigenvalue weighted by atomic mass is 35.5. The van der Waals surface area contributed by atoms with Gasteiger partial charge in [0, 0.05) is 29.2 Å². The Kier molecular flexibility index (Phi) is 5.95. The van der Waals surface area contributed by atoms with Crippen molar-refractivity contribution < 1.29 is 9.53 Å². The fraction of sp³-hybridized carbons (Fsp3) is 0.562. The Labute approximate surface area is 142 Å². The number of ether oxygens (including phenoxy) is 1. The first kappa shape index (κ1) is 17.4. The number of carbonyl (C=O) groups excluding carboxylic acids is 1. The topological polar surface area (TPSA) is 41.6 Å². The molecule has 2 fully saturated rings. The summed E-state index contributed by atoms with van der Waals surface area (Å²) >= 11 is 6.05. The van der Waals surface area contributed by atoms with Crippen molar-refractivity contribution in [2.45, 2.75) is 37.8 Å². The van der Waals surface area contributed by atoms with E-state index < -0.39 is 0 Å². The van der Waals surface area contributed by atoms with E-state index in [9.17, 15) is 4.79 Å². The molecule has 2 saturated heterocycles. The van der Waals surface area contributed by atoms with Gasteiger partial charge in [0.15, 0.2) is 0 Å². The van der Waals surface area contributed by atoms with Gasteiger partial charge in [-0.1, -0.05) is 11.6 Å². The Bertz CT molecular complexity index is 525. The molecule has 122 valence electrons. The third-order valence-corrected chi connectivity index (χ3v) is 4.76. The molecule has 2 heterocycles. The maximum absolute atomic E-state index is 12.8. The summed E-state index contributed by atoms with van der Waals surface area (Å²) in [6.07, 6.45) is 3.65. The number of hydrogen-bond acceptors (Lipinski definition) is 3. The first-order chi connectivity index (χ1) is 10.2. The summed E-state index contributed by atoms with van der Waals surface area (Å²) in [5.74, 6) is 0.916. The first-order valence-corrected chi connectivity index (χ1v) is 7.91. The number of benzene rings is 1. The maximum Gasteiger partial charge on any atom is 0.227 e. The molecule has 1 N–H and O–H groups in total. The van der Waals surface area contributed by atoms with E-state index >= 15 is 0 Å². The molecule has 0 aliphatic carbocycles. The van der Waals surface area contributed by atoms with Crippen LogP contribution in [0.25, 0.3) is 0 Å². The Morgan fingerprint density at radius 1 is 1.36 bits per heavy atom. The molecular weight excluding hydrogens is 323 g/mol. The second-order valence-electron chi connectivity index (χ2n) is 5.81. The number of nitrogens with zero attached hydrogens (tertiary/aromatic N) is 1. The summed E-state index contributed by atoms with van der Waals surface area (Å²) in [6.45, 7) is 1.92. The molecular formula is C16H22Cl2N2O2. The Balaban J connectivity index is 0.00000176. The quantitative estimate of drug-likeness (QED) is 0.916. The van der Waals surface area contributed by atoms with Crippen LogP contribution in [0.2, 0.25) is 5.02 Å². The number of methoxy groups -OCH3 is 1. The second-order valence-corrected chi connectivity index (χ2v) is 6.25. The predicted molar refractivity (Wildman–Crippen MR) is 90.1 cm³/mol. The molecule has 0 spiro atoms. The highest BCUT2D eigenvalue weighted by Crippen LogP contribution is 2.30. The lowest BCUT2D eigenvalue weighted by Gasteiger charge is -2.28. The van der Waals surface area contributed by atoms with Gasteiger partial charge in [0.1, 0.15) is 5.75 Å². The monoisotopic (exact) mass is 344 g/mol. The van der Waals surface area contributed by atoms with Crippen molar-refractivity contribution in [2.24, 2.45) is 0 Å². The number of rotatable bonds is 3. The van der Waals surface area contributed by atoms with Crippen LogP contribution in [0.3, 0.4) is 0 Å². The van der Waals surface area contributed by atoms with Crippen LogP contribution in [-0.2, 0) is 11.2 Å². The van der Waals surface area contributed by atoms with Crippen molar-refractivity contribution >= 4 is 29.9 Å². The van der Waals surface area contributed by atoms with Crippen molar-refractivity contribution in [1.29, 1.82) is 0 Å². The summed E-state index contributed by atoms with van der Waals surface area (Å²) < 4.78 is 5.34. The number of carbonyl (C=O) groups is 1. The highest BCUT2D eigenvalue weighted by Gasteiger charge is 2.37. The van der Waals surface area contributed by atoms with Crippen molar-refractivity contribution in [3.63, 3.8) is 0 Å². The minimum absolute atomic E-state index is 0. The smallest absolute Gasteiger partial charge is 0.227 e. The van der Waals surface area contributed by atoms with Gasteiger partial charge in [0.2, 0.25) is 5.91 Å². The molecule has 2 aliphatic heterocycles. The van der Waals surface area contributed by atoms with Crippen molar-refractivity contribution in [2.75, 3.05) is 20.2 Å². The second kappa shape index (κ2) is 7.53. The van der Waals surface area contributed by atoms with Crippen molar-refractivity contribution in [1.82, 2.24) is 10.2 Å². The van der Waals surface area contributed by atoms with E-state index in [1.165, 1.54) is 0 Å². The van der Waals surface area contributed by atoms with Gasteiger partial charge in [0.05, 0.1) is 13.5 Å². The number of nitrogens with one attached hydrogen (secondary N) is 1. The molecule has 2 atom stereocenters. The van der Waals surface area contributed by atoms with Crippen LogP contribution < -0.4 is 10.1 Å². The van der Waals surface area contributed by atoms with Crippen LogP contribution in [0.15, 0.2) is 18.2 Å². The molecule has 0 saturated carbocycles. The summed E-state index contributed by atoms with van der Waals surface area (Å²) in [5, 5.41) is 4.06. The zero-order chi connectivity index (χ0) is 14.8. The minimum Gasteiger partial charge on any atom is -0.496 e. The van der Waals surface area contributed by atoms with Crippen LogP contribution in [0.1, 0.15) is 24.8 Å². The zero-order valence-electron chi connectivity index (χ0n) is 12.7. The fourth-order valence-electron chi connectivity index (χ4n) is 3.53. The predicted octanol–water partition coefficient (Wildman–Crippen LogP) is 2.67. The van der Waals surface area contributed by atoms with E-state index in [0.717, 1.165) is 43.7 Å². The van der Waals surface area contributed by atoms with E-state index in [2.05, 4.69) is 10.2 Å². The number of amides is 1. The normalized spacial score (nSPS) is 23.6. The molecule has 1 aromatic rings. The molecule has 0 radical (unpaired) electrons. The van der Waals surface area contributed by atoms with Crippen LogP contribution in [0.4, 0.5) is 0 Å². The molecule has 0 aromatic heterocycles. The fourth-order valence-corrected chi connectivity index (χ4v) is 3.72. The van der Waals surface area contributed by atoms with Gasteiger partial charge < -0.3 is 15.0 Å². The SMILES string of the molecule is COc1ccc(Cl)cc1CC(=O)N1C2CCNCC1CC2.Cl. The Hall–Kier alpha value is -0.970. The van der Waals surface area contributed by atoms with Gasteiger partial charge in [0.25, 0.3) is 0 Å².